The number of amidine groups is 4. The average molecular weight is 684 g/mol. The summed E-state index contributed by atoms with van der Waals surface area (Å²) in [4.78, 5) is 26.2. The Bertz CT molecular complexity index is 2710. The van der Waals surface area contributed by atoms with Crippen molar-refractivity contribution in [2.45, 2.75) is 0 Å². The van der Waals surface area contributed by atoms with E-state index in [0.717, 1.165) is 48.5 Å². The maximum absolute atomic E-state index is 15.9. The molecule has 0 saturated carbocycles. The monoisotopic (exact) mass is 684 g/mol. The molecule has 2 aromatic heterocycles. The van der Waals surface area contributed by atoms with E-state index in [0.29, 0.717) is 0 Å². The third-order valence-corrected chi connectivity index (χ3v) is 10.5. The molecule has 49 heavy (non-hydrogen) atoms. The van der Waals surface area contributed by atoms with E-state index in [-0.39, 0.29) is 22.6 Å². The Kier molecular flexibility index (Phi) is 5.43. The summed E-state index contributed by atoms with van der Waals surface area (Å²) < 4.78 is 128. The number of hydrogen-bond donors (Lipinski definition) is 0. The lowest BCUT2D eigenvalue weighted by Crippen LogP contribution is -2.37. The van der Waals surface area contributed by atoms with Crippen molar-refractivity contribution >= 4 is 72.2 Å². The fraction of sp³-hybridized carbons (Fsp3) is 0. The molecule has 0 N–H and O–H groups in total. The van der Waals surface area contributed by atoms with Gasteiger partial charge in [0.15, 0.2) is 23.3 Å². The molecule has 0 aliphatic carbocycles. The lowest BCUT2D eigenvalue weighted by molar-refractivity contribution is 0.596. The quantitative estimate of drug-likeness (QED) is 0.154. The first-order chi connectivity index (χ1) is 23.6. The summed E-state index contributed by atoms with van der Waals surface area (Å²) >= 11 is -2.49. The number of hydrogen-bond acceptors (Lipinski definition) is 6. The van der Waals surface area contributed by atoms with Crippen molar-refractivity contribution < 1.29 is 35.1 Å². The molecule has 10 rings (SSSR count). The minimum atomic E-state index is -2.49. The van der Waals surface area contributed by atoms with Crippen LogP contribution >= 0.6 is 0 Å². The highest BCUT2D eigenvalue weighted by Gasteiger charge is 2.36. The molecule has 0 unspecified atom stereocenters. The molecule has 0 amide bonds. The molecule has 17 heteroatoms. The number of aromatic nitrogens is 2. The van der Waals surface area contributed by atoms with E-state index >= 15 is 35.1 Å². The zero-order valence-corrected chi connectivity index (χ0v) is 25.3. The molecule has 0 spiro atoms. The van der Waals surface area contributed by atoms with Crippen molar-refractivity contribution in [2.75, 3.05) is 0 Å². The van der Waals surface area contributed by atoms with Crippen LogP contribution in [0.1, 0.15) is 22.3 Å². The molecular formula is C32H9AlF8N8. The first kappa shape index (κ1) is 28.2. The molecule has 4 aliphatic heterocycles. The van der Waals surface area contributed by atoms with Crippen LogP contribution in [-0.2, 0) is 0 Å². The van der Waals surface area contributed by atoms with Crippen molar-refractivity contribution in [1.29, 1.82) is 0 Å². The molecule has 6 aromatic rings. The second kappa shape index (κ2) is 9.43. The highest BCUT2D eigenvalue weighted by molar-refractivity contribution is 6.37. The van der Waals surface area contributed by atoms with Crippen LogP contribution in [0.5, 0.6) is 0 Å². The number of benzene rings is 4. The normalized spacial score (nSPS) is 15.1. The molecule has 0 radical (unpaired) electrons. The Morgan fingerprint density at radius 2 is 0.653 bits per heavy atom. The summed E-state index contributed by atoms with van der Waals surface area (Å²) in [6, 6.07) is 6.54. The third kappa shape index (κ3) is 3.57. The van der Waals surface area contributed by atoms with Gasteiger partial charge in [0.2, 0.25) is 0 Å². The summed E-state index contributed by atoms with van der Waals surface area (Å²) in [5.41, 5.74) is -2.60. The zero-order valence-electron chi connectivity index (χ0n) is 23.9. The van der Waals surface area contributed by atoms with Crippen molar-refractivity contribution in [3.05, 3.63) is 128 Å². The van der Waals surface area contributed by atoms with Gasteiger partial charge in [0, 0.05) is 0 Å². The minimum Gasteiger partial charge on any atom is -0.386 e. The molecule has 8 nitrogen and oxygen atoms in total. The maximum Gasteiger partial charge on any atom is 0.563 e. The van der Waals surface area contributed by atoms with E-state index in [1.807, 2.05) is 0 Å². The van der Waals surface area contributed by atoms with Gasteiger partial charge in [-0.25, -0.2) is 65.1 Å². The molecule has 0 fully saturated rings. The lowest BCUT2D eigenvalue weighted by Gasteiger charge is -2.11. The predicted molar refractivity (Wildman–Crippen MR) is 162 cm³/mol. The first-order valence-corrected chi connectivity index (χ1v) is 15.6. The Morgan fingerprint density at radius 3 is 1.02 bits per heavy atom. The largest absolute Gasteiger partial charge is 0.563 e. The van der Waals surface area contributed by atoms with Crippen LogP contribution in [0.4, 0.5) is 46.8 Å². The van der Waals surface area contributed by atoms with Gasteiger partial charge >= 0.3 is 15.7 Å². The number of rotatable bonds is 0. The van der Waals surface area contributed by atoms with Crippen molar-refractivity contribution in [3.63, 3.8) is 0 Å². The van der Waals surface area contributed by atoms with Gasteiger partial charge in [-0.05, 0) is 48.5 Å². The van der Waals surface area contributed by atoms with Gasteiger partial charge in [-0.3, -0.25) is 0 Å². The van der Waals surface area contributed by atoms with Crippen LogP contribution in [-0.4, -0.2) is 46.1 Å². The van der Waals surface area contributed by atoms with Gasteiger partial charge in [-0.15, -0.1) is 0 Å². The summed E-state index contributed by atoms with van der Waals surface area (Å²) in [6.45, 7) is 0. The van der Waals surface area contributed by atoms with Crippen molar-refractivity contribution in [1.82, 2.24) is 7.10 Å². The first-order valence-electron chi connectivity index (χ1n) is 14.4. The summed E-state index contributed by atoms with van der Waals surface area (Å²) in [5.74, 6) is -10.6. The second-order valence-corrected chi connectivity index (χ2v) is 12.9. The van der Waals surface area contributed by atoms with Gasteiger partial charge in [0.05, 0.1) is 43.8 Å². The van der Waals surface area contributed by atoms with Gasteiger partial charge in [0.1, 0.15) is 69.1 Å². The Balaban J connectivity index is 1.52. The van der Waals surface area contributed by atoms with E-state index in [1.54, 1.807) is 0 Å². The van der Waals surface area contributed by atoms with Crippen LogP contribution in [0.25, 0.3) is 21.5 Å². The van der Waals surface area contributed by atoms with Gasteiger partial charge < -0.3 is 7.10 Å². The fourth-order valence-corrected chi connectivity index (χ4v) is 8.45. The molecule has 236 valence electrons. The van der Waals surface area contributed by atoms with E-state index in [4.69, 9.17) is 0 Å². The molecule has 4 aromatic carbocycles. The molecule has 4 aliphatic rings. The highest BCUT2D eigenvalue weighted by Crippen LogP contribution is 2.43. The lowest BCUT2D eigenvalue weighted by atomic mass is 10.1. The van der Waals surface area contributed by atoms with E-state index in [9.17, 15) is 0 Å². The molecule has 0 saturated heterocycles. The maximum atomic E-state index is 15.9. The Morgan fingerprint density at radius 1 is 0.347 bits per heavy atom. The van der Waals surface area contributed by atoms with Crippen molar-refractivity contribution in [3.8, 4) is 0 Å². The van der Waals surface area contributed by atoms with Gasteiger partial charge in [0.25, 0.3) is 0 Å². The van der Waals surface area contributed by atoms with E-state index < -0.39 is 129 Å². The third-order valence-electron chi connectivity index (χ3n) is 8.78. The molecular weight excluding hydrogens is 675 g/mol. The smallest absolute Gasteiger partial charge is 0.386 e. The molecule has 6 bridgehead atoms. The average Bonchev–Trinajstić information content (AvgIpc) is 3.79. The number of nitrogens with zero attached hydrogens (tertiary/aromatic N) is 8. The fourth-order valence-electron chi connectivity index (χ4n) is 6.72. The minimum absolute atomic E-state index is 0.368. The summed E-state index contributed by atoms with van der Waals surface area (Å²) in [5, 5.41) is -1.85. The number of halogens is 8. The van der Waals surface area contributed by atoms with E-state index in [1.165, 1.54) is 7.10 Å². The number of fused-ring (bicyclic) bond motifs is 14. The van der Waals surface area contributed by atoms with Crippen LogP contribution in [0.3, 0.4) is 0 Å². The van der Waals surface area contributed by atoms with Gasteiger partial charge in [-0.1, -0.05) is 0 Å². The molecule has 6 heterocycles. The standard InChI is InChI=1S/C32H8F8N8.Al.H/c33-9-1-2-10(34)18-17(9)25-41-26(18)46-28-21-13(37)5-6-14(38)22(21)30(43-28)48-32-24-16(40)8-7-15(39)23(24)31(44-32)47-29-20-12(36)4-3-11(35)19(20)27(42-29)45-25;;/h1-8H;;/q-2;+2;. The zero-order chi connectivity index (χ0) is 33.6. The summed E-state index contributed by atoms with van der Waals surface area (Å²) in [6.07, 6.45) is 0. The highest BCUT2D eigenvalue weighted by atomic mass is 27.1. The van der Waals surface area contributed by atoms with Crippen LogP contribution in [0, 0.1) is 46.5 Å². The van der Waals surface area contributed by atoms with Crippen molar-refractivity contribution in [2.24, 2.45) is 30.0 Å². The van der Waals surface area contributed by atoms with E-state index in [2.05, 4.69) is 30.0 Å². The van der Waals surface area contributed by atoms with Gasteiger partial charge in [-0.2, -0.15) is 0 Å². The predicted octanol–water partition coefficient (Wildman–Crippen LogP) is 5.32. The molecule has 0 atom stereocenters. The Labute approximate surface area is 272 Å². The topological polar surface area (TPSA) is 84.0 Å². The van der Waals surface area contributed by atoms with Crippen LogP contribution in [0.15, 0.2) is 78.5 Å². The van der Waals surface area contributed by atoms with Crippen LogP contribution < -0.4 is 11.0 Å². The number of aliphatic imine (C=N–C) groups is 4. The van der Waals surface area contributed by atoms with Crippen LogP contribution in [0.2, 0.25) is 0 Å². The summed E-state index contributed by atoms with van der Waals surface area (Å²) in [7, 11) is 0. The second-order valence-electron chi connectivity index (χ2n) is 11.4. The SMILES string of the molecule is Fc1ccc(F)c2c1C1=NC2=Nc2c3c(F)ccc(F)c3c3[n]2[AlH][n]2c(c4c(F)ccc(F)c4c2=NC2=NC(=N3)c3c(F)ccc(F)c32)=N1. The Hall–Kier alpha value is -5.79.